The van der Waals surface area contributed by atoms with Crippen molar-refractivity contribution in [2.45, 2.75) is 45.8 Å². The van der Waals surface area contributed by atoms with Gasteiger partial charge in [-0.3, -0.25) is 0 Å². The first kappa shape index (κ1) is 22.6. The van der Waals surface area contributed by atoms with Gasteiger partial charge in [0.1, 0.15) is 0 Å². The van der Waals surface area contributed by atoms with Crippen LogP contribution in [0.25, 0.3) is 0 Å². The van der Waals surface area contributed by atoms with Gasteiger partial charge in [0.2, 0.25) is 5.95 Å². The van der Waals surface area contributed by atoms with Crippen LogP contribution in [0.15, 0.2) is 24.4 Å². The number of anilines is 1. The lowest BCUT2D eigenvalue weighted by molar-refractivity contribution is 0.183. The summed E-state index contributed by atoms with van der Waals surface area (Å²) in [5, 5.41) is 16.3. The number of nitrogens with zero attached hydrogens (tertiary/aromatic N) is 3. The van der Waals surface area contributed by atoms with Gasteiger partial charge in [0.15, 0.2) is 0 Å². The molecule has 0 aliphatic carbocycles. The van der Waals surface area contributed by atoms with E-state index in [9.17, 15) is 9.90 Å². The number of carbonyl (C=O) groups excluding carboxylic acids is 1. The molecule has 1 aromatic carbocycles. The Labute approximate surface area is 186 Å². The van der Waals surface area contributed by atoms with Crippen LogP contribution in [-0.4, -0.2) is 45.2 Å². The summed E-state index contributed by atoms with van der Waals surface area (Å²) in [5.74, 6) is 0.620. The Balaban J connectivity index is 1.72. The van der Waals surface area contributed by atoms with Gasteiger partial charge in [0, 0.05) is 18.8 Å². The highest BCUT2D eigenvalue weighted by Gasteiger charge is 2.26. The van der Waals surface area contributed by atoms with Gasteiger partial charge in [-0.05, 0) is 42.5 Å². The quantitative estimate of drug-likeness (QED) is 0.616. The molecule has 1 aromatic heterocycles. The number of amides is 2. The van der Waals surface area contributed by atoms with Crippen LogP contribution in [0.5, 0.6) is 0 Å². The predicted molar refractivity (Wildman–Crippen MR) is 119 cm³/mol. The lowest BCUT2D eigenvalue weighted by Crippen LogP contribution is -2.45. The van der Waals surface area contributed by atoms with Crippen LogP contribution < -0.4 is 10.6 Å². The average Bonchev–Trinajstić information content (AvgIpc) is 2.73. The first-order valence-corrected chi connectivity index (χ1v) is 10.8. The zero-order valence-electron chi connectivity index (χ0n) is 17.3. The van der Waals surface area contributed by atoms with E-state index in [0.717, 1.165) is 16.8 Å². The standard InChI is InChI=1S/C21H27Cl2N5O2/c1-12(2)19(14-4-5-16(22)17(23)8-14)27-21(30)28-7-6-15-9-24-20(25-13(3)11-29)26-18(15)10-28/h4-5,8-9,12-13,19,29H,6-7,10-11H2,1-3H3,(H,27,30)(H,24,25,26). The number of carbonyl (C=O) groups is 1. The molecule has 0 bridgehead atoms. The van der Waals surface area contributed by atoms with Crippen molar-refractivity contribution in [3.63, 3.8) is 0 Å². The van der Waals surface area contributed by atoms with Crippen molar-refractivity contribution >= 4 is 35.2 Å². The molecule has 3 N–H and O–H groups in total. The number of fused-ring (bicyclic) bond motifs is 1. The van der Waals surface area contributed by atoms with Crippen molar-refractivity contribution in [1.82, 2.24) is 20.2 Å². The van der Waals surface area contributed by atoms with Gasteiger partial charge < -0.3 is 20.6 Å². The minimum absolute atomic E-state index is 0.0136. The molecule has 0 radical (unpaired) electrons. The second-order valence-electron chi connectivity index (χ2n) is 7.91. The molecule has 30 heavy (non-hydrogen) atoms. The average molecular weight is 452 g/mol. The lowest BCUT2D eigenvalue weighted by atomic mass is 9.96. The summed E-state index contributed by atoms with van der Waals surface area (Å²) in [4.78, 5) is 23.6. The van der Waals surface area contributed by atoms with Crippen molar-refractivity contribution in [2.24, 2.45) is 5.92 Å². The molecule has 0 spiro atoms. The fourth-order valence-corrected chi connectivity index (χ4v) is 3.68. The molecular weight excluding hydrogens is 425 g/mol. The van der Waals surface area contributed by atoms with Crippen LogP contribution >= 0.6 is 23.2 Å². The Morgan fingerprint density at radius 2 is 2.03 bits per heavy atom. The number of halogens is 2. The monoisotopic (exact) mass is 451 g/mol. The van der Waals surface area contributed by atoms with Crippen LogP contribution in [0.1, 0.15) is 43.6 Å². The SMILES string of the molecule is CC(CO)Nc1ncc2c(n1)CN(C(=O)NC(c1ccc(Cl)c(Cl)c1)C(C)C)CC2. The first-order chi connectivity index (χ1) is 14.3. The summed E-state index contributed by atoms with van der Waals surface area (Å²) in [6.45, 7) is 6.92. The zero-order valence-corrected chi connectivity index (χ0v) is 18.8. The molecule has 0 saturated carbocycles. The predicted octanol–water partition coefficient (Wildman–Crippen LogP) is 4.04. The van der Waals surface area contributed by atoms with Crippen LogP contribution in [0.2, 0.25) is 10.0 Å². The van der Waals surface area contributed by atoms with Crippen molar-refractivity contribution in [1.29, 1.82) is 0 Å². The van der Waals surface area contributed by atoms with Gasteiger partial charge in [-0.15, -0.1) is 0 Å². The maximum absolute atomic E-state index is 13.0. The van der Waals surface area contributed by atoms with E-state index in [4.69, 9.17) is 23.2 Å². The fraction of sp³-hybridized carbons (Fsp3) is 0.476. The number of hydrogen-bond donors (Lipinski definition) is 3. The number of aromatic nitrogens is 2. The highest BCUT2D eigenvalue weighted by molar-refractivity contribution is 6.42. The number of benzene rings is 1. The highest BCUT2D eigenvalue weighted by Crippen LogP contribution is 2.29. The normalized spacial score (nSPS) is 15.5. The summed E-state index contributed by atoms with van der Waals surface area (Å²) in [6, 6.07) is 4.94. The van der Waals surface area contributed by atoms with Crippen LogP contribution in [0, 0.1) is 5.92 Å². The molecule has 0 fully saturated rings. The maximum Gasteiger partial charge on any atom is 0.318 e. The molecule has 2 unspecified atom stereocenters. The van der Waals surface area contributed by atoms with E-state index in [-0.39, 0.29) is 30.6 Å². The Kier molecular flexibility index (Phi) is 7.39. The number of hydrogen-bond acceptors (Lipinski definition) is 5. The van der Waals surface area contributed by atoms with E-state index >= 15 is 0 Å². The summed E-state index contributed by atoms with van der Waals surface area (Å²) in [7, 11) is 0. The van der Waals surface area contributed by atoms with Crippen molar-refractivity contribution in [3.8, 4) is 0 Å². The summed E-state index contributed by atoms with van der Waals surface area (Å²) in [6.07, 6.45) is 2.48. The Bertz CT molecular complexity index is 909. The largest absolute Gasteiger partial charge is 0.394 e. The Morgan fingerprint density at radius 3 is 2.70 bits per heavy atom. The molecule has 1 aliphatic rings. The van der Waals surface area contributed by atoms with Gasteiger partial charge in [-0.25, -0.2) is 14.8 Å². The number of aliphatic hydroxyl groups is 1. The van der Waals surface area contributed by atoms with Crippen molar-refractivity contribution in [3.05, 3.63) is 51.3 Å². The summed E-state index contributed by atoms with van der Waals surface area (Å²) >= 11 is 12.2. The molecule has 2 amide bonds. The molecule has 0 saturated heterocycles. The van der Waals surface area contributed by atoms with Gasteiger partial charge in [0.05, 0.1) is 34.9 Å². The van der Waals surface area contributed by atoms with E-state index in [0.29, 0.717) is 35.5 Å². The number of nitrogens with one attached hydrogen (secondary N) is 2. The highest BCUT2D eigenvalue weighted by atomic mass is 35.5. The van der Waals surface area contributed by atoms with Gasteiger partial charge in [-0.1, -0.05) is 43.1 Å². The summed E-state index contributed by atoms with van der Waals surface area (Å²) in [5.41, 5.74) is 2.76. The minimum atomic E-state index is -0.193. The lowest BCUT2D eigenvalue weighted by Gasteiger charge is -2.31. The molecule has 1 aliphatic heterocycles. The van der Waals surface area contributed by atoms with E-state index in [1.807, 2.05) is 26.8 Å². The second-order valence-corrected chi connectivity index (χ2v) is 8.72. The third-order valence-electron chi connectivity index (χ3n) is 5.13. The van der Waals surface area contributed by atoms with Crippen molar-refractivity contribution in [2.75, 3.05) is 18.5 Å². The van der Waals surface area contributed by atoms with Gasteiger partial charge in [0.25, 0.3) is 0 Å². The third-order valence-corrected chi connectivity index (χ3v) is 5.87. The zero-order chi connectivity index (χ0) is 21.8. The molecule has 7 nitrogen and oxygen atoms in total. The molecule has 2 atom stereocenters. The molecule has 2 heterocycles. The first-order valence-electron chi connectivity index (χ1n) is 10.0. The van der Waals surface area contributed by atoms with E-state index in [1.54, 1.807) is 23.2 Å². The maximum atomic E-state index is 13.0. The Morgan fingerprint density at radius 1 is 1.27 bits per heavy atom. The number of rotatable bonds is 6. The third kappa shape index (κ3) is 5.33. The smallest absolute Gasteiger partial charge is 0.318 e. The molecule has 9 heteroatoms. The molecular formula is C21H27Cl2N5O2. The van der Waals surface area contributed by atoms with Crippen LogP contribution in [0.4, 0.5) is 10.7 Å². The van der Waals surface area contributed by atoms with Crippen LogP contribution in [0.3, 0.4) is 0 Å². The van der Waals surface area contributed by atoms with Gasteiger partial charge >= 0.3 is 6.03 Å². The minimum Gasteiger partial charge on any atom is -0.394 e. The molecule has 2 aromatic rings. The van der Waals surface area contributed by atoms with Crippen LogP contribution in [-0.2, 0) is 13.0 Å². The molecule has 3 rings (SSSR count). The van der Waals surface area contributed by atoms with Gasteiger partial charge in [-0.2, -0.15) is 0 Å². The molecule has 162 valence electrons. The Hall–Kier alpha value is -2.09. The second kappa shape index (κ2) is 9.81. The van der Waals surface area contributed by atoms with E-state index in [2.05, 4.69) is 20.6 Å². The fourth-order valence-electron chi connectivity index (χ4n) is 3.38. The summed E-state index contributed by atoms with van der Waals surface area (Å²) < 4.78 is 0. The topological polar surface area (TPSA) is 90.4 Å². The number of urea groups is 1. The number of aliphatic hydroxyl groups excluding tert-OH is 1. The van der Waals surface area contributed by atoms with Crippen molar-refractivity contribution < 1.29 is 9.90 Å². The van der Waals surface area contributed by atoms with E-state index in [1.165, 1.54) is 0 Å². The van der Waals surface area contributed by atoms with E-state index < -0.39 is 0 Å².